The van der Waals surface area contributed by atoms with Gasteiger partial charge >= 0.3 is 0 Å². The first-order valence-corrected chi connectivity index (χ1v) is 6.48. The number of thioether (sulfide) groups is 1. The molecular formula is C10H11N3S2. The van der Waals surface area contributed by atoms with Crippen molar-refractivity contribution in [1.82, 2.24) is 4.57 Å². The Morgan fingerprint density at radius 3 is 2.87 bits per heavy atom. The summed E-state index contributed by atoms with van der Waals surface area (Å²) in [5.74, 6) is 0. The number of fused-ring (bicyclic) bond motifs is 1. The number of rotatable bonds is 0. The molecule has 0 unspecified atom stereocenters. The second kappa shape index (κ2) is 4.20. The zero-order chi connectivity index (χ0) is 10.8. The van der Waals surface area contributed by atoms with Crippen molar-refractivity contribution in [3.8, 4) is 0 Å². The fourth-order valence-electron chi connectivity index (χ4n) is 1.32. The molecule has 0 bridgehead atoms. The summed E-state index contributed by atoms with van der Waals surface area (Å²) in [6.45, 7) is 0. The van der Waals surface area contributed by atoms with Gasteiger partial charge in [0.2, 0.25) is 0 Å². The maximum absolute atomic E-state index is 7.53. The van der Waals surface area contributed by atoms with E-state index in [9.17, 15) is 0 Å². The predicted molar refractivity (Wildman–Crippen MR) is 67.6 cm³/mol. The van der Waals surface area contributed by atoms with Crippen LogP contribution in [0.1, 0.15) is 0 Å². The summed E-state index contributed by atoms with van der Waals surface area (Å²) in [5.41, 5.74) is 1.16. The van der Waals surface area contributed by atoms with Gasteiger partial charge in [-0.25, -0.2) is 0 Å². The van der Waals surface area contributed by atoms with E-state index in [1.807, 2.05) is 30.0 Å². The number of thiazole rings is 1. The standard InChI is InChI=1S/C10H11N3S2/c1-13-7-5-3-4-6-8(7)15-10(13)12-9(11)14-2/h3-6,11H,1-2H3/b11-9?,12-10-. The summed E-state index contributed by atoms with van der Waals surface area (Å²) in [4.78, 5) is 5.11. The van der Waals surface area contributed by atoms with E-state index in [0.29, 0.717) is 5.17 Å². The number of nitrogens with zero attached hydrogens (tertiary/aromatic N) is 2. The normalized spacial score (nSPS) is 12.3. The first-order valence-electron chi connectivity index (χ1n) is 4.44. The van der Waals surface area contributed by atoms with Crippen molar-refractivity contribution in [3.63, 3.8) is 0 Å². The van der Waals surface area contributed by atoms with Crippen LogP contribution in [0, 0.1) is 5.41 Å². The van der Waals surface area contributed by atoms with Crippen LogP contribution in [0.4, 0.5) is 0 Å². The molecule has 2 rings (SSSR count). The Balaban J connectivity index is 2.68. The van der Waals surface area contributed by atoms with Gasteiger partial charge in [0.15, 0.2) is 9.97 Å². The summed E-state index contributed by atoms with van der Waals surface area (Å²) >= 11 is 2.96. The van der Waals surface area contributed by atoms with Gasteiger partial charge in [-0.05, 0) is 18.4 Å². The van der Waals surface area contributed by atoms with Crippen LogP contribution in [-0.2, 0) is 7.05 Å². The van der Waals surface area contributed by atoms with Crippen molar-refractivity contribution in [2.75, 3.05) is 6.26 Å². The summed E-state index contributed by atoms with van der Waals surface area (Å²) in [7, 11) is 1.98. The molecule has 0 radical (unpaired) electrons. The van der Waals surface area contributed by atoms with Gasteiger partial charge in [0.1, 0.15) is 0 Å². The van der Waals surface area contributed by atoms with Gasteiger partial charge < -0.3 is 4.57 Å². The number of benzene rings is 1. The van der Waals surface area contributed by atoms with Crippen LogP contribution in [0.2, 0.25) is 0 Å². The molecule has 0 aliphatic rings. The number of hydrogen-bond acceptors (Lipinski definition) is 3. The van der Waals surface area contributed by atoms with Crippen LogP contribution < -0.4 is 4.80 Å². The van der Waals surface area contributed by atoms with Crippen LogP contribution in [-0.4, -0.2) is 16.0 Å². The Morgan fingerprint density at radius 2 is 2.20 bits per heavy atom. The third-order valence-corrected chi connectivity index (χ3v) is 3.70. The number of nitrogens with one attached hydrogen (secondary N) is 1. The van der Waals surface area contributed by atoms with Gasteiger partial charge in [-0.1, -0.05) is 35.2 Å². The highest BCUT2D eigenvalue weighted by atomic mass is 32.2. The third kappa shape index (κ3) is 1.98. The van der Waals surface area contributed by atoms with E-state index in [1.165, 1.54) is 16.5 Å². The van der Waals surface area contributed by atoms with E-state index < -0.39 is 0 Å². The third-order valence-electron chi connectivity index (χ3n) is 2.11. The van der Waals surface area contributed by atoms with Crippen molar-refractivity contribution in [2.45, 2.75) is 0 Å². The highest BCUT2D eigenvalue weighted by Crippen LogP contribution is 2.15. The minimum Gasteiger partial charge on any atom is -0.319 e. The molecule has 1 aromatic heterocycles. The number of para-hydroxylation sites is 1. The first kappa shape index (κ1) is 10.4. The van der Waals surface area contributed by atoms with Gasteiger partial charge in [0.05, 0.1) is 10.2 Å². The summed E-state index contributed by atoms with van der Waals surface area (Å²) in [6, 6.07) is 8.16. The lowest BCUT2D eigenvalue weighted by Crippen LogP contribution is -2.11. The van der Waals surface area contributed by atoms with E-state index in [2.05, 4.69) is 17.1 Å². The predicted octanol–water partition coefficient (Wildman–Crippen LogP) is 2.44. The lowest BCUT2D eigenvalue weighted by atomic mass is 10.3. The zero-order valence-electron chi connectivity index (χ0n) is 8.52. The molecule has 0 aliphatic carbocycles. The molecule has 15 heavy (non-hydrogen) atoms. The Labute approximate surface area is 96.0 Å². The van der Waals surface area contributed by atoms with Crippen LogP contribution >= 0.6 is 23.1 Å². The molecule has 0 saturated carbocycles. The van der Waals surface area contributed by atoms with E-state index >= 15 is 0 Å². The molecule has 0 aliphatic heterocycles. The van der Waals surface area contributed by atoms with E-state index in [0.717, 1.165) is 10.3 Å². The number of amidine groups is 1. The minimum atomic E-state index is 0.345. The highest BCUT2D eigenvalue weighted by molar-refractivity contribution is 8.13. The minimum absolute atomic E-state index is 0.345. The second-order valence-electron chi connectivity index (χ2n) is 3.03. The molecule has 0 saturated heterocycles. The summed E-state index contributed by atoms with van der Waals surface area (Å²) < 4.78 is 3.22. The maximum Gasteiger partial charge on any atom is 0.192 e. The van der Waals surface area contributed by atoms with E-state index in [1.54, 1.807) is 11.3 Å². The molecule has 5 heteroatoms. The van der Waals surface area contributed by atoms with Crippen molar-refractivity contribution in [1.29, 1.82) is 5.41 Å². The number of aromatic nitrogens is 1. The van der Waals surface area contributed by atoms with E-state index in [-0.39, 0.29) is 0 Å². The molecule has 2 aromatic rings. The van der Waals surface area contributed by atoms with Crippen molar-refractivity contribution in [2.24, 2.45) is 12.0 Å². The molecule has 3 nitrogen and oxygen atoms in total. The van der Waals surface area contributed by atoms with Crippen LogP contribution in [0.25, 0.3) is 10.2 Å². The SMILES string of the molecule is CSC(=N)/N=c1\sc2ccccc2n1C. The quantitative estimate of drug-likeness (QED) is 0.555. The number of aryl methyl sites for hydroxylation is 1. The van der Waals surface area contributed by atoms with E-state index in [4.69, 9.17) is 5.41 Å². The molecular weight excluding hydrogens is 226 g/mol. The van der Waals surface area contributed by atoms with Gasteiger partial charge in [0.25, 0.3) is 0 Å². The fraction of sp³-hybridized carbons (Fsp3) is 0.200. The average Bonchev–Trinajstić information content (AvgIpc) is 2.57. The van der Waals surface area contributed by atoms with Gasteiger partial charge in [-0.3, -0.25) is 5.41 Å². The molecule has 0 spiro atoms. The second-order valence-corrected chi connectivity index (χ2v) is 4.84. The Kier molecular flexibility index (Phi) is 2.93. The smallest absolute Gasteiger partial charge is 0.192 e. The van der Waals surface area contributed by atoms with Crippen LogP contribution in [0.3, 0.4) is 0 Å². The van der Waals surface area contributed by atoms with Crippen molar-refractivity contribution in [3.05, 3.63) is 29.1 Å². The molecule has 1 heterocycles. The molecule has 1 aromatic carbocycles. The Bertz CT molecular complexity index is 565. The highest BCUT2D eigenvalue weighted by Gasteiger charge is 2.01. The van der Waals surface area contributed by atoms with Crippen LogP contribution in [0.15, 0.2) is 29.3 Å². The molecule has 0 fully saturated rings. The van der Waals surface area contributed by atoms with Gasteiger partial charge in [0, 0.05) is 7.05 Å². The lowest BCUT2D eigenvalue weighted by molar-refractivity contribution is 0.917. The van der Waals surface area contributed by atoms with Crippen LogP contribution in [0.5, 0.6) is 0 Å². The summed E-state index contributed by atoms with van der Waals surface area (Å²) in [6.07, 6.45) is 1.86. The molecule has 0 amide bonds. The van der Waals surface area contributed by atoms with Gasteiger partial charge in [-0.15, -0.1) is 0 Å². The zero-order valence-corrected chi connectivity index (χ0v) is 10.2. The topological polar surface area (TPSA) is 41.1 Å². The average molecular weight is 237 g/mol. The molecule has 1 N–H and O–H groups in total. The molecule has 0 atom stereocenters. The maximum atomic E-state index is 7.53. The fourth-order valence-corrected chi connectivity index (χ4v) is 2.58. The molecule has 78 valence electrons. The summed E-state index contributed by atoms with van der Waals surface area (Å²) in [5, 5.41) is 7.88. The number of hydrogen-bond donors (Lipinski definition) is 1. The van der Waals surface area contributed by atoms with Crippen molar-refractivity contribution < 1.29 is 0 Å². The lowest BCUT2D eigenvalue weighted by Gasteiger charge is -1.93. The van der Waals surface area contributed by atoms with Crippen molar-refractivity contribution >= 4 is 38.5 Å². The Morgan fingerprint density at radius 1 is 1.47 bits per heavy atom. The van der Waals surface area contributed by atoms with Gasteiger partial charge in [-0.2, -0.15) is 4.99 Å². The Hall–Kier alpha value is -1.07. The largest absolute Gasteiger partial charge is 0.319 e. The monoisotopic (exact) mass is 237 g/mol. The first-order chi connectivity index (χ1) is 7.22.